The Morgan fingerprint density at radius 2 is 2.30 bits per heavy atom. The van der Waals surface area contributed by atoms with Crippen molar-refractivity contribution in [1.29, 1.82) is 0 Å². The topological polar surface area (TPSA) is 46.2 Å². The smallest absolute Gasteiger partial charge is 0.0975 e. The number of hydrogen-bond acceptors (Lipinski definition) is 2. The maximum absolute atomic E-state index is 9.71. The first kappa shape index (κ1) is 7.76. The zero-order valence-electron chi connectivity index (χ0n) is 6.21. The third-order valence-electron chi connectivity index (χ3n) is 2.34. The Hall–Kier alpha value is -0.340. The van der Waals surface area contributed by atoms with Crippen molar-refractivity contribution in [2.24, 2.45) is 5.73 Å². The third kappa shape index (κ3) is 1.22. The summed E-state index contributed by atoms with van der Waals surface area (Å²) in [6.07, 6.45) is 5.48. The van der Waals surface area contributed by atoms with E-state index >= 15 is 0 Å². The first-order valence-corrected chi connectivity index (χ1v) is 3.80. The Morgan fingerprint density at radius 3 is 2.70 bits per heavy atom. The average molecular weight is 141 g/mol. The van der Waals surface area contributed by atoms with Crippen LogP contribution in [0.15, 0.2) is 12.7 Å². The van der Waals surface area contributed by atoms with Crippen LogP contribution in [0.25, 0.3) is 0 Å². The van der Waals surface area contributed by atoms with Crippen molar-refractivity contribution in [3.05, 3.63) is 12.7 Å². The Labute approximate surface area is 61.7 Å². The predicted molar refractivity (Wildman–Crippen MR) is 41.6 cm³/mol. The minimum absolute atomic E-state index is 0.0984. The molecule has 2 unspecified atom stereocenters. The van der Waals surface area contributed by atoms with Gasteiger partial charge in [0.2, 0.25) is 0 Å². The lowest BCUT2D eigenvalue weighted by Crippen LogP contribution is -2.48. The van der Waals surface area contributed by atoms with Crippen molar-refractivity contribution < 1.29 is 5.11 Å². The van der Waals surface area contributed by atoms with Gasteiger partial charge in [-0.15, -0.1) is 6.58 Å². The molecule has 0 radical (unpaired) electrons. The summed E-state index contributed by atoms with van der Waals surface area (Å²) in [5, 5.41) is 9.71. The highest BCUT2D eigenvalue weighted by molar-refractivity contribution is 5.04. The van der Waals surface area contributed by atoms with Crippen molar-refractivity contribution in [1.82, 2.24) is 0 Å². The van der Waals surface area contributed by atoms with Gasteiger partial charge in [-0.1, -0.05) is 18.9 Å². The summed E-state index contributed by atoms with van der Waals surface area (Å²) in [4.78, 5) is 0. The van der Waals surface area contributed by atoms with E-state index in [0.29, 0.717) is 0 Å². The molecule has 0 amide bonds. The lowest BCUT2D eigenvalue weighted by Gasteiger charge is -2.34. The van der Waals surface area contributed by atoms with Crippen molar-refractivity contribution >= 4 is 0 Å². The molecule has 0 heterocycles. The Bertz CT molecular complexity index is 135. The van der Waals surface area contributed by atoms with Crippen LogP contribution in [0.4, 0.5) is 0 Å². The van der Waals surface area contributed by atoms with Crippen molar-refractivity contribution in [3.8, 4) is 0 Å². The maximum Gasteiger partial charge on any atom is 0.0975 e. The van der Waals surface area contributed by atoms with Gasteiger partial charge < -0.3 is 10.8 Å². The van der Waals surface area contributed by atoms with Gasteiger partial charge in [0.05, 0.1) is 5.60 Å². The van der Waals surface area contributed by atoms with Gasteiger partial charge in [-0.3, -0.25) is 0 Å². The Morgan fingerprint density at radius 1 is 1.60 bits per heavy atom. The van der Waals surface area contributed by atoms with Gasteiger partial charge in [-0.2, -0.15) is 0 Å². The molecular formula is C8H15NO. The second-order valence-corrected chi connectivity index (χ2v) is 3.05. The van der Waals surface area contributed by atoms with Crippen molar-refractivity contribution in [2.45, 2.75) is 37.3 Å². The number of nitrogens with two attached hydrogens (primary N) is 1. The third-order valence-corrected chi connectivity index (χ3v) is 2.34. The lowest BCUT2D eigenvalue weighted by atomic mass is 9.81. The average Bonchev–Trinajstić information content (AvgIpc) is 1.96. The summed E-state index contributed by atoms with van der Waals surface area (Å²) in [5.74, 6) is 0. The molecule has 58 valence electrons. The number of rotatable bonds is 1. The molecule has 0 aromatic rings. The van der Waals surface area contributed by atoms with Gasteiger partial charge in [-0.25, -0.2) is 0 Å². The molecular weight excluding hydrogens is 126 g/mol. The number of hydrogen-bond donors (Lipinski definition) is 2. The van der Waals surface area contributed by atoms with Gasteiger partial charge in [0, 0.05) is 6.04 Å². The van der Waals surface area contributed by atoms with Crippen LogP contribution in [0.5, 0.6) is 0 Å². The molecule has 0 spiro atoms. The monoisotopic (exact) mass is 141 g/mol. The van der Waals surface area contributed by atoms with E-state index in [0.717, 1.165) is 25.7 Å². The van der Waals surface area contributed by atoms with E-state index < -0.39 is 5.60 Å². The fourth-order valence-electron chi connectivity index (χ4n) is 1.46. The summed E-state index contributed by atoms with van der Waals surface area (Å²) < 4.78 is 0. The van der Waals surface area contributed by atoms with Crippen molar-refractivity contribution in [3.63, 3.8) is 0 Å². The highest BCUT2D eigenvalue weighted by atomic mass is 16.3. The fraction of sp³-hybridized carbons (Fsp3) is 0.750. The van der Waals surface area contributed by atoms with E-state index in [4.69, 9.17) is 5.73 Å². The van der Waals surface area contributed by atoms with Gasteiger partial charge in [0.1, 0.15) is 0 Å². The first-order valence-electron chi connectivity index (χ1n) is 3.80. The zero-order chi connectivity index (χ0) is 7.61. The lowest BCUT2D eigenvalue weighted by molar-refractivity contribution is 0.0319. The molecule has 1 saturated carbocycles. The highest BCUT2D eigenvalue weighted by Gasteiger charge is 2.33. The summed E-state index contributed by atoms with van der Waals surface area (Å²) in [6.45, 7) is 3.58. The molecule has 1 aliphatic carbocycles. The van der Waals surface area contributed by atoms with Crippen LogP contribution >= 0.6 is 0 Å². The van der Waals surface area contributed by atoms with E-state index in [9.17, 15) is 5.11 Å². The predicted octanol–water partition coefficient (Wildman–Crippen LogP) is 0.805. The van der Waals surface area contributed by atoms with Crippen LogP contribution in [0.3, 0.4) is 0 Å². The second-order valence-electron chi connectivity index (χ2n) is 3.05. The molecule has 0 saturated heterocycles. The second kappa shape index (κ2) is 2.72. The van der Waals surface area contributed by atoms with Crippen LogP contribution in [0.2, 0.25) is 0 Å². The quantitative estimate of drug-likeness (QED) is 0.531. The molecule has 1 fully saturated rings. The molecule has 1 aliphatic rings. The number of aliphatic hydroxyl groups is 1. The zero-order valence-corrected chi connectivity index (χ0v) is 6.21. The Balaban J connectivity index is 2.62. The molecule has 0 aromatic heterocycles. The van der Waals surface area contributed by atoms with Gasteiger partial charge >= 0.3 is 0 Å². The molecule has 10 heavy (non-hydrogen) atoms. The molecule has 2 atom stereocenters. The minimum Gasteiger partial charge on any atom is -0.384 e. The molecule has 0 aliphatic heterocycles. The van der Waals surface area contributed by atoms with Crippen LogP contribution in [0.1, 0.15) is 25.7 Å². The molecule has 0 bridgehead atoms. The summed E-state index contributed by atoms with van der Waals surface area (Å²) in [6, 6.07) is -0.0984. The van der Waals surface area contributed by atoms with E-state index in [1.165, 1.54) is 0 Å². The van der Waals surface area contributed by atoms with Crippen molar-refractivity contribution in [2.75, 3.05) is 0 Å². The van der Waals surface area contributed by atoms with Gasteiger partial charge in [0.25, 0.3) is 0 Å². The van der Waals surface area contributed by atoms with Crippen LogP contribution in [0, 0.1) is 0 Å². The molecule has 0 aromatic carbocycles. The summed E-state index contributed by atoms with van der Waals surface area (Å²) in [7, 11) is 0. The molecule has 2 nitrogen and oxygen atoms in total. The largest absolute Gasteiger partial charge is 0.384 e. The van der Waals surface area contributed by atoms with Gasteiger partial charge in [0.15, 0.2) is 0 Å². The molecule has 1 rings (SSSR count). The van der Waals surface area contributed by atoms with Crippen LogP contribution in [-0.2, 0) is 0 Å². The molecule has 2 heteroatoms. The van der Waals surface area contributed by atoms with Crippen LogP contribution in [-0.4, -0.2) is 16.7 Å². The summed E-state index contributed by atoms with van der Waals surface area (Å²) in [5.41, 5.74) is 4.92. The molecule has 3 N–H and O–H groups in total. The van der Waals surface area contributed by atoms with Crippen LogP contribution < -0.4 is 5.73 Å². The standard InChI is InChI=1S/C8H15NO/c1-2-8(10)6-4-3-5-7(8)9/h2,7,10H,1,3-6,9H2. The highest BCUT2D eigenvalue weighted by Crippen LogP contribution is 2.27. The maximum atomic E-state index is 9.71. The van der Waals surface area contributed by atoms with E-state index in [-0.39, 0.29) is 6.04 Å². The summed E-state index contributed by atoms with van der Waals surface area (Å²) >= 11 is 0. The Kier molecular flexibility index (Phi) is 2.11. The fourth-order valence-corrected chi connectivity index (χ4v) is 1.46. The van der Waals surface area contributed by atoms with Gasteiger partial charge in [-0.05, 0) is 12.8 Å². The SMILES string of the molecule is C=CC1(O)CCCCC1N. The first-order chi connectivity index (χ1) is 4.69. The van der Waals surface area contributed by atoms with E-state index in [2.05, 4.69) is 6.58 Å². The normalized spacial score (nSPS) is 41.2. The van der Waals surface area contributed by atoms with E-state index in [1.807, 2.05) is 0 Å². The minimum atomic E-state index is -0.780. The van der Waals surface area contributed by atoms with E-state index in [1.54, 1.807) is 6.08 Å².